The second-order valence-corrected chi connectivity index (χ2v) is 8.00. The van der Waals surface area contributed by atoms with E-state index >= 15 is 0 Å². The largest absolute Gasteiger partial charge is 0.489 e. The summed E-state index contributed by atoms with van der Waals surface area (Å²) in [6, 6.07) is 12.6. The number of unbranched alkanes of at least 4 members (excludes halogenated alkanes) is 2. The molecule has 0 aliphatic heterocycles. The topological polar surface area (TPSA) is 81.6 Å². The lowest BCUT2D eigenvalue weighted by atomic mass is 10.0. The molecule has 2 atom stereocenters. The van der Waals surface area contributed by atoms with E-state index in [1.165, 1.54) is 25.7 Å². The van der Waals surface area contributed by atoms with Gasteiger partial charge in [-0.15, -0.1) is 0 Å². The maximum Gasteiger partial charge on any atom is 0.193 e. The summed E-state index contributed by atoms with van der Waals surface area (Å²) in [6.45, 7) is 11.0. The highest BCUT2D eigenvalue weighted by atomic mass is 16.5. The van der Waals surface area contributed by atoms with Crippen molar-refractivity contribution in [1.82, 2.24) is 4.90 Å². The van der Waals surface area contributed by atoms with Crippen molar-refractivity contribution in [2.45, 2.75) is 65.5 Å². The van der Waals surface area contributed by atoms with Gasteiger partial charge in [0.15, 0.2) is 5.78 Å². The van der Waals surface area contributed by atoms with E-state index in [2.05, 4.69) is 32.6 Å². The summed E-state index contributed by atoms with van der Waals surface area (Å²) in [5.74, 6) is 0.689. The number of nitrogen functional groups attached to an aromatic ring is 2. The fourth-order valence-corrected chi connectivity index (χ4v) is 3.42. The van der Waals surface area contributed by atoms with E-state index in [0.717, 1.165) is 18.8 Å². The molecule has 2 rings (SSSR count). The van der Waals surface area contributed by atoms with Crippen LogP contribution in [0.25, 0.3) is 0 Å². The summed E-state index contributed by atoms with van der Waals surface area (Å²) in [5, 5.41) is 0. The zero-order chi connectivity index (χ0) is 22.1. The van der Waals surface area contributed by atoms with E-state index in [9.17, 15) is 4.79 Å². The van der Waals surface area contributed by atoms with E-state index < -0.39 is 0 Å². The van der Waals surface area contributed by atoms with E-state index in [4.69, 9.17) is 16.2 Å². The van der Waals surface area contributed by atoms with Gasteiger partial charge in [0, 0.05) is 17.2 Å². The molecule has 0 spiro atoms. The number of benzene rings is 2. The lowest BCUT2D eigenvalue weighted by Gasteiger charge is -2.33. The maximum atomic E-state index is 12.7. The number of ether oxygens (including phenoxy) is 1. The quantitative estimate of drug-likeness (QED) is 0.373. The average Bonchev–Trinajstić information content (AvgIpc) is 2.75. The van der Waals surface area contributed by atoms with Crippen LogP contribution in [-0.4, -0.2) is 35.9 Å². The molecule has 5 heteroatoms. The Bertz CT molecular complexity index is 797. The Morgan fingerprint density at radius 2 is 1.47 bits per heavy atom. The van der Waals surface area contributed by atoms with E-state index in [1.807, 2.05) is 12.1 Å². The third kappa shape index (κ3) is 6.49. The van der Waals surface area contributed by atoms with Crippen molar-refractivity contribution in [2.24, 2.45) is 0 Å². The monoisotopic (exact) mass is 411 g/mol. The number of ketones is 1. The van der Waals surface area contributed by atoms with Crippen LogP contribution in [-0.2, 0) is 0 Å². The molecule has 30 heavy (non-hydrogen) atoms. The summed E-state index contributed by atoms with van der Waals surface area (Å²) in [7, 11) is 0. The number of nitrogens with two attached hydrogens (primary N) is 2. The minimum absolute atomic E-state index is 0.0529. The summed E-state index contributed by atoms with van der Waals surface area (Å²) in [4.78, 5) is 15.2. The van der Waals surface area contributed by atoms with E-state index in [0.29, 0.717) is 28.5 Å². The number of nitrogens with zero attached hydrogens (tertiary/aromatic N) is 1. The lowest BCUT2D eigenvalue weighted by Crippen LogP contribution is -2.43. The number of hydrogen-bond donors (Lipinski definition) is 2. The molecule has 2 unspecified atom stereocenters. The van der Waals surface area contributed by atoms with Crippen LogP contribution >= 0.6 is 0 Å². The number of carbonyl (C=O) groups is 1. The minimum Gasteiger partial charge on any atom is -0.489 e. The van der Waals surface area contributed by atoms with Crippen molar-refractivity contribution in [3.63, 3.8) is 0 Å². The number of rotatable bonds is 12. The molecule has 0 aromatic heterocycles. The van der Waals surface area contributed by atoms with Crippen molar-refractivity contribution in [3.8, 4) is 5.75 Å². The van der Waals surface area contributed by atoms with Gasteiger partial charge in [0.25, 0.3) is 0 Å². The molecule has 0 aliphatic rings. The molecule has 0 radical (unpaired) electrons. The molecule has 0 heterocycles. The van der Waals surface area contributed by atoms with Gasteiger partial charge in [-0.1, -0.05) is 26.7 Å². The van der Waals surface area contributed by atoms with Gasteiger partial charge >= 0.3 is 0 Å². The summed E-state index contributed by atoms with van der Waals surface area (Å²) >= 11 is 0. The van der Waals surface area contributed by atoms with Crippen LogP contribution in [0.4, 0.5) is 11.4 Å². The van der Waals surface area contributed by atoms with Gasteiger partial charge in [-0.05, 0) is 82.2 Å². The number of hydrogen-bond acceptors (Lipinski definition) is 5. The second-order valence-electron chi connectivity index (χ2n) is 8.00. The predicted molar refractivity (Wildman–Crippen MR) is 126 cm³/mol. The Balaban J connectivity index is 2.02. The first-order valence-electron chi connectivity index (χ1n) is 11.1. The highest BCUT2D eigenvalue weighted by Crippen LogP contribution is 2.21. The molecule has 2 aromatic carbocycles. The van der Waals surface area contributed by atoms with Crippen molar-refractivity contribution in [1.29, 1.82) is 0 Å². The standard InChI is InChI=1S/C25H37N3O2/c1-5-7-15-28(16-8-6-2)18(3)19(4)30-22-12-9-20(10-13-22)25(29)21-11-14-23(26)24(27)17-21/h9-14,17-19H,5-8,15-16,26-27H2,1-4H3. The first-order valence-corrected chi connectivity index (χ1v) is 11.1. The Kier molecular flexibility index (Phi) is 9.18. The first-order chi connectivity index (χ1) is 14.4. The van der Waals surface area contributed by atoms with Crippen molar-refractivity contribution >= 4 is 17.2 Å². The van der Waals surface area contributed by atoms with Gasteiger partial charge in [-0.2, -0.15) is 0 Å². The molecule has 0 saturated carbocycles. The van der Waals surface area contributed by atoms with Crippen molar-refractivity contribution < 1.29 is 9.53 Å². The zero-order valence-electron chi connectivity index (χ0n) is 18.9. The zero-order valence-corrected chi connectivity index (χ0v) is 18.9. The highest BCUT2D eigenvalue weighted by Gasteiger charge is 2.21. The summed E-state index contributed by atoms with van der Waals surface area (Å²) < 4.78 is 6.20. The molecule has 0 aliphatic carbocycles. The normalized spacial score (nSPS) is 13.2. The molecule has 0 amide bonds. The Morgan fingerprint density at radius 1 is 0.900 bits per heavy atom. The highest BCUT2D eigenvalue weighted by molar-refractivity contribution is 6.09. The molecule has 0 bridgehead atoms. The second kappa shape index (κ2) is 11.6. The fourth-order valence-electron chi connectivity index (χ4n) is 3.42. The average molecular weight is 412 g/mol. The van der Waals surface area contributed by atoms with Crippen LogP contribution in [0.3, 0.4) is 0 Å². The van der Waals surface area contributed by atoms with Gasteiger partial charge in [-0.3, -0.25) is 9.69 Å². The molecule has 0 fully saturated rings. The Hall–Kier alpha value is -2.53. The SMILES string of the molecule is CCCCN(CCCC)C(C)C(C)Oc1ccc(C(=O)c2ccc(N)c(N)c2)cc1. The fraction of sp³-hybridized carbons (Fsp3) is 0.480. The van der Waals surface area contributed by atoms with Gasteiger partial charge in [-0.25, -0.2) is 0 Å². The smallest absolute Gasteiger partial charge is 0.193 e. The predicted octanol–water partition coefficient (Wildman–Crippen LogP) is 5.14. The van der Waals surface area contributed by atoms with E-state index in [1.54, 1.807) is 30.3 Å². The lowest BCUT2D eigenvalue weighted by molar-refractivity contribution is 0.0850. The maximum absolute atomic E-state index is 12.7. The molecule has 2 aromatic rings. The number of anilines is 2. The van der Waals surface area contributed by atoms with Crippen molar-refractivity contribution in [3.05, 3.63) is 53.6 Å². The van der Waals surface area contributed by atoms with E-state index in [-0.39, 0.29) is 11.9 Å². The van der Waals surface area contributed by atoms with Gasteiger partial charge in [0.1, 0.15) is 11.9 Å². The molecule has 5 nitrogen and oxygen atoms in total. The molecule has 0 saturated heterocycles. The van der Waals surface area contributed by atoms with Crippen LogP contribution in [0.15, 0.2) is 42.5 Å². The molecule has 164 valence electrons. The molecular weight excluding hydrogens is 374 g/mol. The minimum atomic E-state index is -0.0834. The van der Waals surface area contributed by atoms with Crippen LogP contribution in [0.1, 0.15) is 69.3 Å². The summed E-state index contributed by atoms with van der Waals surface area (Å²) in [5.41, 5.74) is 13.6. The van der Waals surface area contributed by atoms with Crippen LogP contribution in [0.2, 0.25) is 0 Å². The molecule has 4 N–H and O–H groups in total. The van der Waals surface area contributed by atoms with Gasteiger partial charge in [0.05, 0.1) is 11.4 Å². The Labute approximate surface area is 181 Å². The Morgan fingerprint density at radius 3 is 2.00 bits per heavy atom. The van der Waals surface area contributed by atoms with Gasteiger partial charge in [0.2, 0.25) is 0 Å². The van der Waals surface area contributed by atoms with Crippen LogP contribution in [0, 0.1) is 0 Å². The third-order valence-electron chi connectivity index (χ3n) is 5.64. The van der Waals surface area contributed by atoms with Crippen molar-refractivity contribution in [2.75, 3.05) is 24.6 Å². The van der Waals surface area contributed by atoms with Gasteiger partial charge < -0.3 is 16.2 Å². The summed E-state index contributed by atoms with van der Waals surface area (Å²) in [6.07, 6.45) is 4.84. The molecular formula is C25H37N3O2. The van der Waals surface area contributed by atoms with Crippen LogP contribution in [0.5, 0.6) is 5.75 Å². The van der Waals surface area contributed by atoms with Crippen LogP contribution < -0.4 is 16.2 Å². The third-order valence-corrected chi connectivity index (χ3v) is 5.64. The first kappa shape index (κ1) is 23.7. The number of carbonyl (C=O) groups excluding carboxylic acids is 1.